The molecule has 0 aliphatic rings. The molecule has 0 amide bonds. The van der Waals surface area contributed by atoms with E-state index in [1.165, 1.54) is 0 Å². The molecule has 2 aromatic rings. The molecule has 2 aromatic carbocycles. The van der Waals surface area contributed by atoms with Gasteiger partial charge in [-0.05, 0) is 55.8 Å². The Balaban J connectivity index is 2.23. The van der Waals surface area contributed by atoms with E-state index in [-0.39, 0.29) is 5.75 Å². The minimum absolute atomic E-state index is 0.237. The first-order valence-electron chi connectivity index (χ1n) is 5.81. The van der Waals surface area contributed by atoms with Gasteiger partial charge >= 0.3 is 0 Å². The van der Waals surface area contributed by atoms with Gasteiger partial charge in [-0.1, -0.05) is 12.1 Å². The average molecular weight is 243 g/mol. The fourth-order valence-electron chi connectivity index (χ4n) is 1.77. The molecular weight excluding hydrogens is 226 g/mol. The summed E-state index contributed by atoms with van der Waals surface area (Å²) in [5, 5.41) is 9.51. The molecule has 3 heteroatoms. The second kappa shape index (κ2) is 4.61. The van der Waals surface area contributed by atoms with Crippen molar-refractivity contribution >= 4 is 5.69 Å². The predicted molar refractivity (Wildman–Crippen MR) is 72.6 cm³/mol. The van der Waals surface area contributed by atoms with Crippen molar-refractivity contribution in [2.45, 2.75) is 19.4 Å². The third-order valence-electron chi connectivity index (χ3n) is 2.79. The van der Waals surface area contributed by atoms with E-state index in [4.69, 9.17) is 10.5 Å². The Labute approximate surface area is 107 Å². The van der Waals surface area contributed by atoms with Gasteiger partial charge in [0.15, 0.2) is 0 Å². The van der Waals surface area contributed by atoms with Crippen molar-refractivity contribution in [1.82, 2.24) is 0 Å². The summed E-state index contributed by atoms with van der Waals surface area (Å²) in [7, 11) is 0. The molecule has 0 unspecified atom stereocenters. The first-order chi connectivity index (χ1) is 8.47. The summed E-state index contributed by atoms with van der Waals surface area (Å²) in [4.78, 5) is 0. The zero-order chi connectivity index (χ0) is 13.2. The van der Waals surface area contributed by atoms with Crippen LogP contribution >= 0.6 is 0 Å². The fourth-order valence-corrected chi connectivity index (χ4v) is 1.77. The van der Waals surface area contributed by atoms with Crippen LogP contribution in [0.4, 0.5) is 5.69 Å². The lowest BCUT2D eigenvalue weighted by Gasteiger charge is -2.27. The summed E-state index contributed by atoms with van der Waals surface area (Å²) >= 11 is 0. The Hall–Kier alpha value is -2.16. The molecule has 0 aliphatic heterocycles. The molecule has 0 spiro atoms. The summed E-state index contributed by atoms with van der Waals surface area (Å²) in [6.07, 6.45) is 0. The van der Waals surface area contributed by atoms with Crippen LogP contribution in [0.2, 0.25) is 0 Å². The van der Waals surface area contributed by atoms with Crippen molar-refractivity contribution < 1.29 is 9.84 Å². The van der Waals surface area contributed by atoms with Crippen molar-refractivity contribution in [2.75, 3.05) is 5.73 Å². The highest BCUT2D eigenvalue weighted by molar-refractivity contribution is 5.42. The molecule has 0 radical (unpaired) electrons. The number of phenolic OH excluding ortho intramolecular Hbond substituents is 1. The maximum absolute atomic E-state index is 9.51. The largest absolute Gasteiger partial charge is 0.508 e. The molecule has 0 heterocycles. The number of benzene rings is 2. The van der Waals surface area contributed by atoms with Crippen LogP contribution in [0, 0.1) is 0 Å². The van der Waals surface area contributed by atoms with Gasteiger partial charge in [0.25, 0.3) is 0 Å². The molecule has 2 rings (SSSR count). The van der Waals surface area contributed by atoms with Crippen LogP contribution in [0.1, 0.15) is 19.4 Å². The van der Waals surface area contributed by atoms with E-state index in [0.29, 0.717) is 5.69 Å². The normalized spacial score (nSPS) is 11.2. The highest BCUT2D eigenvalue weighted by Crippen LogP contribution is 2.29. The van der Waals surface area contributed by atoms with E-state index in [0.717, 1.165) is 11.3 Å². The minimum Gasteiger partial charge on any atom is -0.508 e. The van der Waals surface area contributed by atoms with Crippen LogP contribution in [0.25, 0.3) is 0 Å². The molecule has 0 fully saturated rings. The number of phenols is 1. The maximum atomic E-state index is 9.51. The predicted octanol–water partition coefficient (Wildman–Crippen LogP) is 3.29. The van der Waals surface area contributed by atoms with Gasteiger partial charge in [-0.15, -0.1) is 0 Å². The standard InChI is InChI=1S/C15H17NO2/c1-15(2,11-4-3-5-13(17)10-11)18-14-8-6-12(16)7-9-14/h3-10,17H,16H2,1-2H3. The van der Waals surface area contributed by atoms with Gasteiger partial charge in [-0.25, -0.2) is 0 Å². The number of ether oxygens (including phenoxy) is 1. The number of hydrogen-bond acceptors (Lipinski definition) is 3. The van der Waals surface area contributed by atoms with E-state index in [9.17, 15) is 5.11 Å². The third kappa shape index (κ3) is 2.74. The number of hydrogen-bond donors (Lipinski definition) is 2. The highest BCUT2D eigenvalue weighted by Gasteiger charge is 2.22. The van der Waals surface area contributed by atoms with Crippen molar-refractivity contribution in [3.05, 3.63) is 54.1 Å². The molecular formula is C15H17NO2. The first-order valence-corrected chi connectivity index (χ1v) is 5.81. The van der Waals surface area contributed by atoms with Gasteiger partial charge in [0, 0.05) is 5.69 Å². The second-order valence-electron chi connectivity index (χ2n) is 4.73. The maximum Gasteiger partial charge on any atom is 0.129 e. The fraction of sp³-hybridized carbons (Fsp3) is 0.200. The number of anilines is 1. The van der Waals surface area contributed by atoms with Gasteiger partial charge < -0.3 is 15.6 Å². The Kier molecular flexibility index (Phi) is 3.15. The summed E-state index contributed by atoms with van der Waals surface area (Å²) in [5.41, 5.74) is 6.74. The minimum atomic E-state index is -0.519. The zero-order valence-electron chi connectivity index (χ0n) is 10.6. The molecule has 0 saturated heterocycles. The number of aromatic hydroxyl groups is 1. The quantitative estimate of drug-likeness (QED) is 0.813. The number of nitrogens with two attached hydrogens (primary N) is 1. The van der Waals surface area contributed by atoms with E-state index < -0.39 is 5.60 Å². The molecule has 3 nitrogen and oxygen atoms in total. The Morgan fingerprint density at radius 2 is 1.72 bits per heavy atom. The summed E-state index contributed by atoms with van der Waals surface area (Å²) in [6.45, 7) is 3.91. The summed E-state index contributed by atoms with van der Waals surface area (Å²) in [6, 6.07) is 14.3. The van der Waals surface area contributed by atoms with Crippen LogP contribution in [0.3, 0.4) is 0 Å². The molecule has 0 aliphatic carbocycles. The highest BCUT2D eigenvalue weighted by atomic mass is 16.5. The molecule has 94 valence electrons. The van der Waals surface area contributed by atoms with Crippen LogP contribution in [0.15, 0.2) is 48.5 Å². The second-order valence-corrected chi connectivity index (χ2v) is 4.73. The summed E-state index contributed by atoms with van der Waals surface area (Å²) < 4.78 is 5.93. The Bertz CT molecular complexity index is 532. The van der Waals surface area contributed by atoms with Crippen LogP contribution < -0.4 is 10.5 Å². The number of nitrogen functional groups attached to an aromatic ring is 1. The van der Waals surface area contributed by atoms with Gasteiger partial charge in [-0.3, -0.25) is 0 Å². The number of rotatable bonds is 3. The zero-order valence-corrected chi connectivity index (χ0v) is 10.6. The topological polar surface area (TPSA) is 55.5 Å². The summed E-state index contributed by atoms with van der Waals surface area (Å²) in [5.74, 6) is 0.985. The van der Waals surface area contributed by atoms with E-state index in [1.807, 2.05) is 32.0 Å². The molecule has 0 aromatic heterocycles. The SMILES string of the molecule is CC(C)(Oc1ccc(N)cc1)c1cccc(O)c1. The van der Waals surface area contributed by atoms with Crippen molar-refractivity contribution in [3.8, 4) is 11.5 Å². The van der Waals surface area contributed by atoms with Gasteiger partial charge in [0.2, 0.25) is 0 Å². The van der Waals surface area contributed by atoms with Gasteiger partial charge in [0.1, 0.15) is 17.1 Å². The van der Waals surface area contributed by atoms with Crippen LogP contribution in [-0.4, -0.2) is 5.11 Å². The average Bonchev–Trinajstić information content (AvgIpc) is 2.32. The third-order valence-corrected chi connectivity index (χ3v) is 2.79. The Morgan fingerprint density at radius 1 is 1.06 bits per heavy atom. The lowest BCUT2D eigenvalue weighted by atomic mass is 9.98. The Morgan fingerprint density at radius 3 is 2.33 bits per heavy atom. The van der Waals surface area contributed by atoms with Gasteiger partial charge in [-0.2, -0.15) is 0 Å². The molecule has 3 N–H and O–H groups in total. The molecule has 0 saturated carbocycles. The van der Waals surface area contributed by atoms with Gasteiger partial charge in [0.05, 0.1) is 0 Å². The lowest BCUT2D eigenvalue weighted by molar-refractivity contribution is 0.108. The van der Waals surface area contributed by atoms with E-state index in [1.54, 1.807) is 30.3 Å². The molecule has 0 atom stereocenters. The van der Waals surface area contributed by atoms with E-state index >= 15 is 0 Å². The monoisotopic (exact) mass is 243 g/mol. The smallest absolute Gasteiger partial charge is 0.129 e. The van der Waals surface area contributed by atoms with Crippen LogP contribution in [0.5, 0.6) is 11.5 Å². The van der Waals surface area contributed by atoms with Crippen molar-refractivity contribution in [1.29, 1.82) is 0 Å². The lowest BCUT2D eigenvalue weighted by Crippen LogP contribution is -2.25. The van der Waals surface area contributed by atoms with Crippen molar-refractivity contribution in [2.24, 2.45) is 0 Å². The molecule has 0 bridgehead atoms. The van der Waals surface area contributed by atoms with E-state index in [2.05, 4.69) is 0 Å². The van der Waals surface area contributed by atoms with Crippen molar-refractivity contribution in [3.63, 3.8) is 0 Å². The van der Waals surface area contributed by atoms with Crippen LogP contribution in [-0.2, 0) is 5.60 Å². The molecule has 18 heavy (non-hydrogen) atoms. The first kappa shape index (κ1) is 12.3.